The van der Waals surface area contributed by atoms with Gasteiger partial charge < -0.3 is 0 Å². The van der Waals surface area contributed by atoms with Crippen molar-refractivity contribution in [2.45, 2.75) is 258 Å². The molecule has 0 fully saturated rings. The van der Waals surface area contributed by atoms with Crippen LogP contribution in [0.4, 0.5) is 0 Å². The van der Waals surface area contributed by atoms with E-state index in [0.29, 0.717) is 0 Å². The summed E-state index contributed by atoms with van der Waals surface area (Å²) in [5.74, 6) is 1.04. The van der Waals surface area contributed by atoms with Gasteiger partial charge in [0.1, 0.15) is 0 Å². The Morgan fingerprint density at radius 2 is 0.341 bits per heavy atom. The lowest BCUT2D eigenvalue weighted by atomic mass is 9.89. The first-order valence-corrected chi connectivity index (χ1v) is 20.3. The number of hydrogen-bond acceptors (Lipinski definition) is 0. The van der Waals surface area contributed by atoms with Crippen molar-refractivity contribution >= 4 is 0 Å². The summed E-state index contributed by atoms with van der Waals surface area (Å²) in [4.78, 5) is 0. The van der Waals surface area contributed by atoms with E-state index >= 15 is 0 Å². The summed E-state index contributed by atoms with van der Waals surface area (Å²) in [6, 6.07) is 0. The van der Waals surface area contributed by atoms with Crippen LogP contribution in [0.3, 0.4) is 0 Å². The van der Waals surface area contributed by atoms with Crippen LogP contribution in [-0.4, -0.2) is 0 Å². The largest absolute Gasteiger partial charge is 0.0654 e. The second kappa shape index (κ2) is 38.0. The molecular formula is C41H84. The van der Waals surface area contributed by atoms with E-state index in [-0.39, 0.29) is 0 Å². The van der Waals surface area contributed by atoms with E-state index in [2.05, 4.69) is 20.8 Å². The minimum Gasteiger partial charge on any atom is -0.0654 e. The van der Waals surface area contributed by atoms with Crippen LogP contribution in [-0.2, 0) is 0 Å². The van der Waals surface area contributed by atoms with Crippen molar-refractivity contribution < 1.29 is 0 Å². The summed E-state index contributed by atoms with van der Waals surface area (Å²) >= 11 is 0. The maximum absolute atomic E-state index is 2.35. The van der Waals surface area contributed by atoms with Crippen molar-refractivity contribution in [3.8, 4) is 0 Å². The highest BCUT2D eigenvalue weighted by Gasteiger charge is 2.08. The lowest BCUT2D eigenvalue weighted by molar-refractivity contribution is 0.366. The summed E-state index contributed by atoms with van der Waals surface area (Å²) in [5, 5.41) is 0. The molecule has 0 aliphatic heterocycles. The molecule has 0 amide bonds. The van der Waals surface area contributed by atoms with Crippen LogP contribution in [0.1, 0.15) is 258 Å². The number of hydrogen-bond donors (Lipinski definition) is 0. The Labute approximate surface area is 263 Å². The van der Waals surface area contributed by atoms with E-state index in [1.807, 2.05) is 0 Å². The van der Waals surface area contributed by atoms with Crippen LogP contribution in [0.15, 0.2) is 0 Å². The third kappa shape index (κ3) is 36.1. The fraction of sp³-hybridized carbons (Fsp3) is 1.00. The molecule has 0 nitrogen and oxygen atoms in total. The van der Waals surface area contributed by atoms with Crippen LogP contribution < -0.4 is 0 Å². The maximum Gasteiger partial charge on any atom is -0.0414 e. The Morgan fingerprint density at radius 3 is 0.537 bits per heavy atom. The van der Waals surface area contributed by atoms with Gasteiger partial charge >= 0.3 is 0 Å². The molecule has 0 aromatic carbocycles. The molecule has 248 valence electrons. The first-order valence-electron chi connectivity index (χ1n) is 20.3. The fourth-order valence-electron chi connectivity index (χ4n) is 6.90. The Balaban J connectivity index is 3.60. The second-order valence-electron chi connectivity index (χ2n) is 14.2. The molecule has 0 radical (unpaired) electrons. The van der Waals surface area contributed by atoms with Gasteiger partial charge in [0, 0.05) is 0 Å². The van der Waals surface area contributed by atoms with Crippen LogP contribution >= 0.6 is 0 Å². The van der Waals surface area contributed by atoms with Gasteiger partial charge in [-0.15, -0.1) is 0 Å². The van der Waals surface area contributed by atoms with Gasteiger partial charge in [-0.3, -0.25) is 0 Å². The molecule has 1 atom stereocenters. The van der Waals surface area contributed by atoms with Gasteiger partial charge in [0.25, 0.3) is 0 Å². The molecule has 1 unspecified atom stereocenters. The van der Waals surface area contributed by atoms with E-state index in [4.69, 9.17) is 0 Å². The SMILES string of the molecule is CCCCCCCCCCCCCCCCCCCC(CCCCCC)CCCCCCCCCCCCCCC. The highest BCUT2D eigenvalue weighted by molar-refractivity contribution is 4.62. The van der Waals surface area contributed by atoms with E-state index < -0.39 is 0 Å². The van der Waals surface area contributed by atoms with Crippen molar-refractivity contribution in [2.24, 2.45) is 5.92 Å². The van der Waals surface area contributed by atoms with Crippen LogP contribution in [0, 0.1) is 5.92 Å². The Morgan fingerprint density at radius 1 is 0.195 bits per heavy atom. The molecule has 0 heterocycles. The Hall–Kier alpha value is 0. The van der Waals surface area contributed by atoms with Crippen LogP contribution in [0.5, 0.6) is 0 Å². The Bertz CT molecular complexity index is 426. The van der Waals surface area contributed by atoms with Crippen molar-refractivity contribution in [1.82, 2.24) is 0 Å². The first kappa shape index (κ1) is 41.0. The summed E-state index contributed by atoms with van der Waals surface area (Å²) in [5.41, 5.74) is 0. The molecule has 0 aromatic rings. The van der Waals surface area contributed by atoms with E-state index in [0.717, 1.165) is 5.92 Å². The summed E-state index contributed by atoms with van der Waals surface area (Å²) in [6.07, 6.45) is 54.8. The van der Waals surface area contributed by atoms with Gasteiger partial charge in [0.2, 0.25) is 0 Å². The lowest BCUT2D eigenvalue weighted by Crippen LogP contribution is -2.01. The average Bonchev–Trinajstić information content (AvgIpc) is 2.98. The monoisotopic (exact) mass is 577 g/mol. The van der Waals surface area contributed by atoms with Gasteiger partial charge in [-0.1, -0.05) is 258 Å². The van der Waals surface area contributed by atoms with E-state index in [1.165, 1.54) is 238 Å². The van der Waals surface area contributed by atoms with E-state index in [1.54, 1.807) is 0 Å². The highest BCUT2D eigenvalue weighted by Crippen LogP contribution is 2.25. The summed E-state index contributed by atoms with van der Waals surface area (Å²) in [6.45, 7) is 6.98. The molecule has 41 heavy (non-hydrogen) atoms. The first-order chi connectivity index (χ1) is 20.3. The third-order valence-electron chi connectivity index (χ3n) is 9.90. The van der Waals surface area contributed by atoms with Crippen molar-refractivity contribution in [1.29, 1.82) is 0 Å². The second-order valence-corrected chi connectivity index (χ2v) is 14.2. The fourth-order valence-corrected chi connectivity index (χ4v) is 6.90. The quantitative estimate of drug-likeness (QED) is 0.0645. The molecule has 0 bridgehead atoms. The topological polar surface area (TPSA) is 0 Å². The van der Waals surface area contributed by atoms with Crippen molar-refractivity contribution in [2.75, 3.05) is 0 Å². The third-order valence-corrected chi connectivity index (χ3v) is 9.90. The predicted molar refractivity (Wildman–Crippen MR) is 191 cm³/mol. The van der Waals surface area contributed by atoms with E-state index in [9.17, 15) is 0 Å². The zero-order valence-electron chi connectivity index (χ0n) is 29.7. The molecule has 0 rings (SSSR count). The minimum absolute atomic E-state index is 1.04. The normalized spacial score (nSPS) is 12.4. The zero-order valence-corrected chi connectivity index (χ0v) is 29.7. The molecule has 0 saturated carbocycles. The summed E-state index contributed by atoms with van der Waals surface area (Å²) < 4.78 is 0. The van der Waals surface area contributed by atoms with Gasteiger partial charge in [0.15, 0.2) is 0 Å². The maximum atomic E-state index is 2.35. The number of unbranched alkanes of at least 4 members (excludes halogenated alkanes) is 31. The Kier molecular flexibility index (Phi) is 38.0. The van der Waals surface area contributed by atoms with Crippen LogP contribution in [0.2, 0.25) is 0 Å². The molecule has 0 heteroatoms. The molecule has 0 spiro atoms. The van der Waals surface area contributed by atoms with Crippen molar-refractivity contribution in [3.63, 3.8) is 0 Å². The van der Waals surface area contributed by atoms with Gasteiger partial charge in [-0.05, 0) is 5.92 Å². The van der Waals surface area contributed by atoms with Gasteiger partial charge in [-0.2, -0.15) is 0 Å². The number of rotatable bonds is 37. The smallest absolute Gasteiger partial charge is 0.0414 e. The molecule has 0 aliphatic carbocycles. The predicted octanol–water partition coefficient (Wildman–Crippen LogP) is 16.1. The highest BCUT2D eigenvalue weighted by atomic mass is 14.1. The lowest BCUT2D eigenvalue weighted by Gasteiger charge is -2.17. The van der Waals surface area contributed by atoms with Gasteiger partial charge in [-0.25, -0.2) is 0 Å². The molecule has 0 N–H and O–H groups in total. The molecule has 0 saturated heterocycles. The molecular weight excluding hydrogens is 492 g/mol. The van der Waals surface area contributed by atoms with Crippen molar-refractivity contribution in [3.05, 3.63) is 0 Å². The van der Waals surface area contributed by atoms with Gasteiger partial charge in [0.05, 0.1) is 0 Å². The van der Waals surface area contributed by atoms with Crippen LogP contribution in [0.25, 0.3) is 0 Å². The minimum atomic E-state index is 1.04. The average molecular weight is 577 g/mol. The summed E-state index contributed by atoms with van der Waals surface area (Å²) in [7, 11) is 0. The standard InChI is InChI=1S/C41H84/c1-4-7-10-13-15-17-19-21-22-23-24-26-28-30-32-34-37-40-41(38-35-12-9-6-3)39-36-33-31-29-27-25-20-18-16-14-11-8-5-2/h41H,4-40H2,1-3H3. The molecule has 0 aromatic heterocycles. The molecule has 0 aliphatic rings. The zero-order chi connectivity index (χ0) is 29.7.